The molecule has 0 fully saturated rings. The van der Waals surface area contributed by atoms with Gasteiger partial charge in [-0.2, -0.15) is 13.2 Å². The number of pyridine rings is 1. The summed E-state index contributed by atoms with van der Waals surface area (Å²) in [5.41, 5.74) is 5.31. The Balaban J connectivity index is 2.24. The molecule has 0 radical (unpaired) electrons. The highest BCUT2D eigenvalue weighted by atomic mass is 32.1. The van der Waals surface area contributed by atoms with Crippen LogP contribution >= 0.6 is 11.3 Å². The second-order valence-electron chi connectivity index (χ2n) is 5.33. The third kappa shape index (κ3) is 3.28. The Morgan fingerprint density at radius 2 is 2.00 bits per heavy atom. The number of hydrogen-bond donors (Lipinski definition) is 1. The number of nitrogens with zero attached hydrogens (tertiary/aromatic N) is 1. The molecule has 1 aromatic carbocycles. The summed E-state index contributed by atoms with van der Waals surface area (Å²) in [5.74, 6) is -0.806. The largest absolute Gasteiger partial charge is 0.457 e. The molecule has 0 aliphatic carbocycles. The van der Waals surface area contributed by atoms with E-state index in [0.29, 0.717) is 5.56 Å². The minimum atomic E-state index is -4.65. The predicted molar refractivity (Wildman–Crippen MR) is 94.9 cm³/mol. The van der Waals surface area contributed by atoms with Crippen molar-refractivity contribution in [3.05, 3.63) is 59.5 Å². The van der Waals surface area contributed by atoms with Gasteiger partial charge in [-0.1, -0.05) is 43.0 Å². The smallest absolute Gasteiger partial charge is 0.417 e. The monoisotopic (exact) mass is 378 g/mol. The first-order valence-corrected chi connectivity index (χ1v) is 8.28. The molecule has 2 N–H and O–H groups in total. The number of aromatic nitrogens is 1. The zero-order valence-corrected chi connectivity index (χ0v) is 14.2. The van der Waals surface area contributed by atoms with E-state index in [1.807, 2.05) is 0 Å². The Morgan fingerprint density at radius 3 is 2.62 bits per heavy atom. The van der Waals surface area contributed by atoms with Crippen molar-refractivity contribution in [2.75, 3.05) is 12.3 Å². The fraction of sp³-hybridized carbons (Fsp3) is 0.111. The normalized spacial score (nSPS) is 11.5. The lowest BCUT2D eigenvalue weighted by Crippen LogP contribution is -2.09. The number of alkyl halides is 3. The number of fused-ring (bicyclic) bond motifs is 1. The maximum absolute atomic E-state index is 13.6. The Hall–Kier alpha value is -2.87. The number of nitrogen functional groups attached to an aromatic ring is 1. The van der Waals surface area contributed by atoms with E-state index in [4.69, 9.17) is 10.5 Å². The van der Waals surface area contributed by atoms with Gasteiger partial charge in [0.15, 0.2) is 0 Å². The van der Waals surface area contributed by atoms with Crippen LogP contribution in [0.1, 0.15) is 15.2 Å². The summed E-state index contributed by atoms with van der Waals surface area (Å²) < 4.78 is 45.7. The SMILES string of the molecule is C=CCOC(=O)c1sc2nc(-c3ccccc3)cc(C(F)(F)F)c2c1N. The Labute approximate surface area is 150 Å². The number of thiophene rings is 1. The average molecular weight is 378 g/mol. The van der Waals surface area contributed by atoms with Crippen LogP contribution in [0.15, 0.2) is 49.1 Å². The van der Waals surface area contributed by atoms with Gasteiger partial charge in [0.2, 0.25) is 0 Å². The highest BCUT2D eigenvalue weighted by Gasteiger charge is 2.36. The van der Waals surface area contributed by atoms with Gasteiger partial charge in [0.1, 0.15) is 16.3 Å². The molecule has 2 heterocycles. The summed E-state index contributed by atoms with van der Waals surface area (Å²) in [6.45, 7) is 3.35. The van der Waals surface area contributed by atoms with Crippen molar-refractivity contribution in [2.45, 2.75) is 6.18 Å². The number of esters is 1. The molecule has 3 rings (SSSR count). The minimum absolute atomic E-state index is 0.0294. The number of rotatable bonds is 4. The lowest BCUT2D eigenvalue weighted by atomic mass is 10.1. The summed E-state index contributed by atoms with van der Waals surface area (Å²) >= 11 is 0.777. The van der Waals surface area contributed by atoms with Gasteiger partial charge in [-0.05, 0) is 6.07 Å². The molecule has 4 nitrogen and oxygen atoms in total. The molecule has 0 saturated carbocycles. The van der Waals surface area contributed by atoms with Gasteiger partial charge in [-0.15, -0.1) is 11.3 Å². The topological polar surface area (TPSA) is 65.2 Å². The molecule has 0 amide bonds. The van der Waals surface area contributed by atoms with Crippen LogP contribution in [-0.2, 0) is 10.9 Å². The summed E-state index contributed by atoms with van der Waals surface area (Å²) in [6, 6.07) is 9.42. The van der Waals surface area contributed by atoms with Gasteiger partial charge < -0.3 is 10.5 Å². The first-order valence-electron chi connectivity index (χ1n) is 7.46. The van der Waals surface area contributed by atoms with Crippen molar-refractivity contribution in [2.24, 2.45) is 0 Å². The van der Waals surface area contributed by atoms with E-state index in [1.165, 1.54) is 6.08 Å². The van der Waals surface area contributed by atoms with E-state index in [-0.39, 0.29) is 33.1 Å². The molecule has 26 heavy (non-hydrogen) atoms. The van der Waals surface area contributed by atoms with E-state index in [1.54, 1.807) is 30.3 Å². The van der Waals surface area contributed by atoms with Crippen molar-refractivity contribution in [3.63, 3.8) is 0 Å². The summed E-state index contributed by atoms with van der Waals surface area (Å²) in [4.78, 5) is 16.3. The Morgan fingerprint density at radius 1 is 1.31 bits per heavy atom. The van der Waals surface area contributed by atoms with E-state index >= 15 is 0 Å². The zero-order chi connectivity index (χ0) is 18.9. The van der Waals surface area contributed by atoms with Gasteiger partial charge in [0.05, 0.1) is 16.9 Å². The highest BCUT2D eigenvalue weighted by molar-refractivity contribution is 7.21. The second kappa shape index (κ2) is 6.80. The standard InChI is InChI=1S/C18H13F3N2O2S/c1-2-8-25-17(24)15-14(22)13-11(18(19,20)21)9-12(23-16(13)26-15)10-6-4-3-5-7-10/h2-7,9H,1,8,22H2. The second-order valence-corrected chi connectivity index (χ2v) is 6.33. The van der Waals surface area contributed by atoms with E-state index in [9.17, 15) is 18.0 Å². The molecule has 0 saturated heterocycles. The summed E-state index contributed by atoms with van der Waals surface area (Å²) in [6.07, 6.45) is -3.30. The van der Waals surface area contributed by atoms with Gasteiger partial charge in [0.25, 0.3) is 0 Å². The Bertz CT molecular complexity index is 982. The van der Waals surface area contributed by atoms with Gasteiger partial charge >= 0.3 is 12.1 Å². The Kier molecular flexibility index (Phi) is 4.69. The van der Waals surface area contributed by atoms with Crippen LogP contribution in [0.5, 0.6) is 0 Å². The van der Waals surface area contributed by atoms with Crippen molar-refractivity contribution in [3.8, 4) is 11.3 Å². The first-order chi connectivity index (χ1) is 12.3. The third-order valence-corrected chi connectivity index (χ3v) is 4.67. The fourth-order valence-electron chi connectivity index (χ4n) is 2.45. The molecule has 0 spiro atoms. The maximum atomic E-state index is 13.6. The van der Waals surface area contributed by atoms with Gasteiger partial charge in [-0.25, -0.2) is 9.78 Å². The highest BCUT2D eigenvalue weighted by Crippen LogP contribution is 2.43. The van der Waals surface area contributed by atoms with Crippen molar-refractivity contribution in [1.29, 1.82) is 0 Å². The fourth-order valence-corrected chi connectivity index (χ4v) is 3.47. The molecule has 0 aliphatic rings. The van der Waals surface area contributed by atoms with Gasteiger partial charge in [-0.3, -0.25) is 0 Å². The number of carbonyl (C=O) groups excluding carboxylic acids is 1. The van der Waals surface area contributed by atoms with Crippen LogP contribution in [-0.4, -0.2) is 17.6 Å². The number of benzene rings is 1. The molecule has 3 aromatic rings. The van der Waals surface area contributed by atoms with Crippen LogP contribution < -0.4 is 5.73 Å². The van der Waals surface area contributed by atoms with E-state index in [0.717, 1.165) is 17.4 Å². The van der Waals surface area contributed by atoms with Crippen LogP contribution in [0.25, 0.3) is 21.5 Å². The molecule has 0 unspecified atom stereocenters. The molecular formula is C18H13F3N2O2S. The van der Waals surface area contributed by atoms with Gasteiger partial charge in [0, 0.05) is 10.9 Å². The summed E-state index contributed by atoms with van der Waals surface area (Å²) in [7, 11) is 0. The maximum Gasteiger partial charge on any atom is 0.417 e. The van der Waals surface area contributed by atoms with Crippen molar-refractivity contribution < 1.29 is 22.7 Å². The molecule has 0 atom stereocenters. The number of halogens is 3. The van der Waals surface area contributed by atoms with E-state index in [2.05, 4.69) is 11.6 Å². The number of carbonyl (C=O) groups is 1. The number of nitrogens with two attached hydrogens (primary N) is 1. The lowest BCUT2D eigenvalue weighted by molar-refractivity contribution is -0.136. The molecule has 8 heteroatoms. The third-order valence-electron chi connectivity index (χ3n) is 3.59. The minimum Gasteiger partial charge on any atom is -0.457 e. The first kappa shape index (κ1) is 17.9. The molecule has 134 valence electrons. The van der Waals surface area contributed by atoms with Crippen LogP contribution in [0, 0.1) is 0 Å². The summed E-state index contributed by atoms with van der Waals surface area (Å²) in [5, 5.41) is -0.285. The van der Waals surface area contributed by atoms with Crippen molar-refractivity contribution >= 4 is 33.2 Å². The van der Waals surface area contributed by atoms with Crippen LogP contribution in [0.2, 0.25) is 0 Å². The molecule has 0 bridgehead atoms. The molecular weight excluding hydrogens is 365 g/mol. The predicted octanol–water partition coefficient (Wildman–Crippen LogP) is 4.91. The lowest BCUT2D eigenvalue weighted by Gasteiger charge is -2.11. The number of anilines is 1. The van der Waals surface area contributed by atoms with Crippen molar-refractivity contribution in [1.82, 2.24) is 4.98 Å². The molecule has 2 aromatic heterocycles. The quantitative estimate of drug-likeness (QED) is 0.518. The average Bonchev–Trinajstić information content (AvgIpc) is 2.95. The number of hydrogen-bond acceptors (Lipinski definition) is 5. The van der Waals surface area contributed by atoms with Crippen LogP contribution in [0.3, 0.4) is 0 Å². The van der Waals surface area contributed by atoms with E-state index < -0.39 is 17.7 Å². The zero-order valence-electron chi connectivity index (χ0n) is 13.3. The number of ether oxygens (including phenoxy) is 1. The molecule has 0 aliphatic heterocycles. The van der Waals surface area contributed by atoms with Crippen LogP contribution in [0.4, 0.5) is 18.9 Å².